The molecular weight excluding hydrogens is 272 g/mol. The molecule has 2 unspecified atom stereocenters. The van der Waals surface area contributed by atoms with E-state index in [4.69, 9.17) is 0 Å². The Morgan fingerprint density at radius 3 is 2.45 bits per heavy atom. The lowest BCUT2D eigenvalue weighted by Gasteiger charge is -2.31. The minimum atomic E-state index is -3.05. The lowest BCUT2D eigenvalue weighted by molar-refractivity contribution is 0.314. The largest absolute Gasteiger partial charge is 0.312 e. The number of nitrogens with one attached hydrogen (secondary N) is 1. The van der Waals surface area contributed by atoms with Gasteiger partial charge in [-0.05, 0) is 51.0 Å². The molecule has 3 aliphatic rings. The van der Waals surface area contributed by atoms with Gasteiger partial charge in [0.05, 0.1) is 5.75 Å². The summed E-state index contributed by atoms with van der Waals surface area (Å²) in [6.45, 7) is 1.80. The van der Waals surface area contributed by atoms with Crippen molar-refractivity contribution in [3.8, 4) is 0 Å². The van der Waals surface area contributed by atoms with E-state index in [2.05, 4.69) is 5.32 Å². The number of rotatable bonds is 4. The average molecular weight is 300 g/mol. The first-order chi connectivity index (χ1) is 9.67. The predicted molar refractivity (Wildman–Crippen MR) is 81.1 cm³/mol. The molecule has 2 heterocycles. The van der Waals surface area contributed by atoms with E-state index in [0.29, 0.717) is 17.7 Å². The molecule has 3 rings (SSSR count). The maximum atomic E-state index is 12.8. The van der Waals surface area contributed by atoms with E-state index in [-0.39, 0.29) is 6.04 Å². The van der Waals surface area contributed by atoms with E-state index in [1.165, 1.54) is 25.7 Å². The maximum absolute atomic E-state index is 12.8. The van der Waals surface area contributed by atoms with Crippen LogP contribution in [0.4, 0.5) is 0 Å². The maximum Gasteiger partial charge on any atom is 0.214 e. The highest BCUT2D eigenvalue weighted by molar-refractivity contribution is 7.89. The summed E-state index contributed by atoms with van der Waals surface area (Å²) in [5.74, 6) is 0.808. The molecule has 3 fully saturated rings. The Labute approximate surface area is 123 Å². The predicted octanol–water partition coefficient (Wildman–Crippen LogP) is 2.11. The third kappa shape index (κ3) is 3.20. The molecule has 5 heteroatoms. The third-order valence-corrected chi connectivity index (χ3v) is 7.40. The van der Waals surface area contributed by atoms with Gasteiger partial charge in [0.2, 0.25) is 10.0 Å². The first kappa shape index (κ1) is 14.8. The molecule has 1 saturated carbocycles. The summed E-state index contributed by atoms with van der Waals surface area (Å²) in [4.78, 5) is 0. The molecule has 2 saturated heterocycles. The van der Waals surface area contributed by atoms with Gasteiger partial charge in [0.1, 0.15) is 0 Å². The second-order valence-electron chi connectivity index (χ2n) is 6.81. The molecule has 1 N–H and O–H groups in total. The van der Waals surface area contributed by atoms with Crippen molar-refractivity contribution in [3.63, 3.8) is 0 Å². The molecule has 0 aromatic rings. The molecule has 1 aliphatic carbocycles. The standard InChI is InChI=1S/C15H28N2O2S/c18-20(19,12-13-6-2-1-3-7-13)17-11-5-9-15(17)14-8-4-10-16-14/h13-16H,1-12H2. The summed E-state index contributed by atoms with van der Waals surface area (Å²) in [7, 11) is -3.05. The van der Waals surface area contributed by atoms with Gasteiger partial charge in [0.25, 0.3) is 0 Å². The van der Waals surface area contributed by atoms with Crippen LogP contribution in [-0.2, 0) is 10.0 Å². The molecule has 0 radical (unpaired) electrons. The first-order valence-electron chi connectivity index (χ1n) is 8.40. The molecule has 0 bridgehead atoms. The normalized spacial score (nSPS) is 33.8. The number of hydrogen-bond donors (Lipinski definition) is 1. The van der Waals surface area contributed by atoms with Gasteiger partial charge in [-0.2, -0.15) is 4.31 Å². The van der Waals surface area contributed by atoms with E-state index < -0.39 is 10.0 Å². The second-order valence-corrected chi connectivity index (χ2v) is 8.77. The van der Waals surface area contributed by atoms with Crippen molar-refractivity contribution in [1.29, 1.82) is 0 Å². The van der Waals surface area contributed by atoms with Crippen molar-refractivity contribution in [1.82, 2.24) is 9.62 Å². The Balaban J connectivity index is 1.65. The summed E-state index contributed by atoms with van der Waals surface area (Å²) in [6.07, 6.45) is 10.3. The minimum absolute atomic E-state index is 0.228. The molecule has 4 nitrogen and oxygen atoms in total. The van der Waals surface area contributed by atoms with Crippen molar-refractivity contribution in [2.75, 3.05) is 18.8 Å². The van der Waals surface area contributed by atoms with Crippen LogP contribution in [0.1, 0.15) is 57.8 Å². The quantitative estimate of drug-likeness (QED) is 0.865. The molecular formula is C15H28N2O2S. The summed E-state index contributed by atoms with van der Waals surface area (Å²) in [5, 5.41) is 3.50. The van der Waals surface area contributed by atoms with Crippen molar-refractivity contribution in [3.05, 3.63) is 0 Å². The van der Waals surface area contributed by atoms with Crippen LogP contribution in [0.3, 0.4) is 0 Å². The van der Waals surface area contributed by atoms with E-state index in [0.717, 1.165) is 45.2 Å². The van der Waals surface area contributed by atoms with E-state index in [1.807, 2.05) is 4.31 Å². The highest BCUT2D eigenvalue weighted by atomic mass is 32.2. The molecule has 20 heavy (non-hydrogen) atoms. The second kappa shape index (κ2) is 6.32. The zero-order valence-corrected chi connectivity index (χ0v) is 13.2. The Bertz CT molecular complexity index is 412. The highest BCUT2D eigenvalue weighted by Gasteiger charge is 2.40. The molecule has 0 spiro atoms. The van der Waals surface area contributed by atoms with Gasteiger partial charge < -0.3 is 5.32 Å². The monoisotopic (exact) mass is 300 g/mol. The van der Waals surface area contributed by atoms with Crippen LogP contribution in [0, 0.1) is 5.92 Å². The average Bonchev–Trinajstić information content (AvgIpc) is 3.10. The van der Waals surface area contributed by atoms with Gasteiger partial charge in [-0.15, -0.1) is 0 Å². The molecule has 2 aliphatic heterocycles. The van der Waals surface area contributed by atoms with Crippen LogP contribution in [-0.4, -0.2) is 43.6 Å². The molecule has 116 valence electrons. The van der Waals surface area contributed by atoms with Crippen molar-refractivity contribution in [2.45, 2.75) is 69.9 Å². The van der Waals surface area contributed by atoms with E-state index in [1.54, 1.807) is 0 Å². The summed E-state index contributed by atoms with van der Waals surface area (Å²) in [6, 6.07) is 0.629. The smallest absolute Gasteiger partial charge is 0.214 e. The van der Waals surface area contributed by atoms with E-state index >= 15 is 0 Å². The number of sulfonamides is 1. The lowest BCUT2D eigenvalue weighted by atomic mass is 9.91. The minimum Gasteiger partial charge on any atom is -0.312 e. The van der Waals surface area contributed by atoms with Gasteiger partial charge in [0.15, 0.2) is 0 Å². The topological polar surface area (TPSA) is 49.4 Å². The van der Waals surface area contributed by atoms with Crippen LogP contribution < -0.4 is 5.32 Å². The van der Waals surface area contributed by atoms with Crippen LogP contribution in [0.25, 0.3) is 0 Å². The van der Waals surface area contributed by atoms with Crippen LogP contribution >= 0.6 is 0 Å². The lowest BCUT2D eigenvalue weighted by Crippen LogP contribution is -2.47. The van der Waals surface area contributed by atoms with Crippen LogP contribution in [0.2, 0.25) is 0 Å². The third-order valence-electron chi connectivity index (χ3n) is 5.34. The molecule has 2 atom stereocenters. The van der Waals surface area contributed by atoms with Gasteiger partial charge in [0, 0.05) is 18.6 Å². The number of nitrogens with zero attached hydrogens (tertiary/aromatic N) is 1. The van der Waals surface area contributed by atoms with Gasteiger partial charge >= 0.3 is 0 Å². The van der Waals surface area contributed by atoms with Crippen LogP contribution in [0.15, 0.2) is 0 Å². The first-order valence-corrected chi connectivity index (χ1v) is 10.0. The summed E-state index contributed by atoms with van der Waals surface area (Å²) < 4.78 is 27.4. The van der Waals surface area contributed by atoms with Gasteiger partial charge in [-0.3, -0.25) is 0 Å². The van der Waals surface area contributed by atoms with E-state index in [9.17, 15) is 8.42 Å². The fourth-order valence-electron chi connectivity index (χ4n) is 4.30. The fourth-order valence-corrected chi connectivity index (χ4v) is 6.49. The Morgan fingerprint density at radius 2 is 1.75 bits per heavy atom. The Morgan fingerprint density at radius 1 is 0.950 bits per heavy atom. The van der Waals surface area contributed by atoms with Crippen molar-refractivity contribution in [2.24, 2.45) is 5.92 Å². The highest BCUT2D eigenvalue weighted by Crippen LogP contribution is 2.31. The van der Waals surface area contributed by atoms with Gasteiger partial charge in [-0.1, -0.05) is 19.3 Å². The van der Waals surface area contributed by atoms with Crippen LogP contribution in [0.5, 0.6) is 0 Å². The molecule has 0 amide bonds. The summed E-state index contributed by atoms with van der Waals surface area (Å²) in [5.41, 5.74) is 0. The Kier molecular flexibility index (Phi) is 4.68. The molecule has 0 aromatic heterocycles. The van der Waals surface area contributed by atoms with Crippen molar-refractivity contribution < 1.29 is 8.42 Å². The fraction of sp³-hybridized carbons (Fsp3) is 1.00. The molecule has 0 aromatic carbocycles. The number of hydrogen-bond acceptors (Lipinski definition) is 3. The zero-order valence-electron chi connectivity index (χ0n) is 12.4. The van der Waals surface area contributed by atoms with Gasteiger partial charge in [-0.25, -0.2) is 8.42 Å². The zero-order chi connectivity index (χ0) is 14.0. The SMILES string of the molecule is O=S(=O)(CC1CCCCC1)N1CCCC1C1CCCN1. The Hall–Kier alpha value is -0.130. The summed E-state index contributed by atoms with van der Waals surface area (Å²) >= 11 is 0. The van der Waals surface area contributed by atoms with Crippen molar-refractivity contribution >= 4 is 10.0 Å².